The van der Waals surface area contributed by atoms with Crippen LogP contribution in [0, 0.1) is 0 Å². The molecule has 1 atom stereocenters. The lowest BCUT2D eigenvalue weighted by atomic mass is 10.2. The van der Waals surface area contributed by atoms with E-state index in [1.165, 1.54) is 25.3 Å². The van der Waals surface area contributed by atoms with Gasteiger partial charge in [0.1, 0.15) is 10.6 Å². The van der Waals surface area contributed by atoms with Gasteiger partial charge in [-0.25, -0.2) is 13.2 Å². The molecule has 110 valence electrons. The van der Waals surface area contributed by atoms with Crippen molar-refractivity contribution in [1.29, 1.82) is 0 Å². The number of rotatable bonds is 4. The number of ether oxygens (including phenoxy) is 1. The van der Waals surface area contributed by atoms with Gasteiger partial charge in [-0.2, -0.15) is 4.31 Å². The van der Waals surface area contributed by atoms with Gasteiger partial charge in [-0.3, -0.25) is 0 Å². The van der Waals surface area contributed by atoms with Crippen molar-refractivity contribution in [3.05, 3.63) is 23.8 Å². The molecule has 1 fully saturated rings. The Labute approximate surface area is 116 Å². The molecule has 1 aromatic rings. The van der Waals surface area contributed by atoms with Crippen molar-refractivity contribution in [2.45, 2.75) is 17.4 Å². The summed E-state index contributed by atoms with van der Waals surface area (Å²) >= 11 is 0. The Morgan fingerprint density at radius 3 is 2.65 bits per heavy atom. The monoisotopic (exact) mass is 301 g/mol. The Hall–Kier alpha value is -1.64. The van der Waals surface area contributed by atoms with Crippen molar-refractivity contribution < 1.29 is 28.2 Å². The summed E-state index contributed by atoms with van der Waals surface area (Å²) in [6.45, 7) is 0.263. The lowest BCUT2D eigenvalue weighted by molar-refractivity contribution is 0.0696. The Balaban J connectivity index is 2.44. The lowest BCUT2D eigenvalue weighted by Gasteiger charge is -2.18. The molecule has 1 heterocycles. The number of carboxylic acids is 1. The zero-order chi connectivity index (χ0) is 14.9. The maximum Gasteiger partial charge on any atom is 0.335 e. The minimum Gasteiger partial charge on any atom is -0.495 e. The molecule has 0 spiro atoms. The first-order valence-corrected chi connectivity index (χ1v) is 7.40. The summed E-state index contributed by atoms with van der Waals surface area (Å²) in [5.41, 5.74) is -0.0535. The SMILES string of the molecule is COc1cc(C(=O)O)ccc1S(=O)(=O)N1CC[C@H](O)C1. The number of β-amino-alcohol motifs (C(OH)–C–C–N with tert-alkyl or cyclic N) is 1. The fourth-order valence-corrected chi connectivity index (χ4v) is 3.71. The minimum atomic E-state index is -3.80. The van der Waals surface area contributed by atoms with Crippen LogP contribution in [0.1, 0.15) is 16.8 Å². The average Bonchev–Trinajstić information content (AvgIpc) is 2.85. The van der Waals surface area contributed by atoms with E-state index in [-0.39, 0.29) is 29.3 Å². The molecule has 20 heavy (non-hydrogen) atoms. The predicted octanol–water partition coefficient (Wildman–Crippen LogP) is 0.149. The Bertz CT molecular complexity index is 627. The first-order chi connectivity index (χ1) is 9.36. The van der Waals surface area contributed by atoms with Crippen molar-refractivity contribution in [2.24, 2.45) is 0 Å². The van der Waals surface area contributed by atoms with Gasteiger partial charge in [-0.05, 0) is 24.6 Å². The molecule has 0 aliphatic carbocycles. The van der Waals surface area contributed by atoms with Gasteiger partial charge in [0.15, 0.2) is 0 Å². The van der Waals surface area contributed by atoms with Crippen LogP contribution in [0.15, 0.2) is 23.1 Å². The van der Waals surface area contributed by atoms with Crippen molar-refractivity contribution >= 4 is 16.0 Å². The van der Waals surface area contributed by atoms with Gasteiger partial charge in [0, 0.05) is 13.1 Å². The highest BCUT2D eigenvalue weighted by Crippen LogP contribution is 2.29. The number of hydrogen-bond acceptors (Lipinski definition) is 5. The highest BCUT2D eigenvalue weighted by molar-refractivity contribution is 7.89. The number of benzene rings is 1. The maximum atomic E-state index is 12.4. The van der Waals surface area contributed by atoms with Crippen molar-refractivity contribution in [3.8, 4) is 5.75 Å². The third-order valence-corrected chi connectivity index (χ3v) is 5.06. The highest BCUT2D eigenvalue weighted by Gasteiger charge is 2.33. The van der Waals surface area contributed by atoms with Crippen LogP contribution < -0.4 is 4.74 Å². The third-order valence-electron chi connectivity index (χ3n) is 3.15. The van der Waals surface area contributed by atoms with Gasteiger partial charge in [-0.1, -0.05) is 0 Å². The fraction of sp³-hybridized carbons (Fsp3) is 0.417. The second-order valence-electron chi connectivity index (χ2n) is 4.48. The summed E-state index contributed by atoms with van der Waals surface area (Å²) in [6, 6.07) is 3.59. The zero-order valence-corrected chi connectivity index (χ0v) is 11.6. The standard InChI is InChI=1S/C12H15NO6S/c1-19-10-6-8(12(15)16)2-3-11(10)20(17,18)13-5-4-9(14)7-13/h2-3,6,9,14H,4-5,7H2,1H3,(H,15,16)/t9-/m0/s1. The number of carbonyl (C=O) groups is 1. The summed E-state index contributed by atoms with van der Waals surface area (Å²) < 4.78 is 31.0. The predicted molar refractivity (Wildman–Crippen MR) is 69.3 cm³/mol. The molecular formula is C12H15NO6S. The van der Waals surface area contributed by atoms with E-state index < -0.39 is 22.1 Å². The molecule has 0 bridgehead atoms. The molecule has 2 rings (SSSR count). The third kappa shape index (κ3) is 2.62. The first-order valence-electron chi connectivity index (χ1n) is 5.96. The van der Waals surface area contributed by atoms with E-state index in [0.717, 1.165) is 4.31 Å². The molecule has 0 unspecified atom stereocenters. The topological polar surface area (TPSA) is 104 Å². The highest BCUT2D eigenvalue weighted by atomic mass is 32.2. The van der Waals surface area contributed by atoms with Crippen molar-refractivity contribution in [1.82, 2.24) is 4.31 Å². The second kappa shape index (κ2) is 5.39. The van der Waals surface area contributed by atoms with Gasteiger partial charge in [0.2, 0.25) is 10.0 Å². The molecule has 1 aromatic carbocycles. The van der Waals surface area contributed by atoms with Crippen LogP contribution in [-0.4, -0.2) is 55.2 Å². The number of carboxylic acid groups (broad SMARTS) is 1. The van der Waals surface area contributed by atoms with Crippen LogP contribution in [0.4, 0.5) is 0 Å². The van der Waals surface area contributed by atoms with Crippen LogP contribution >= 0.6 is 0 Å². The average molecular weight is 301 g/mol. The normalized spacial score (nSPS) is 20.0. The molecule has 0 aromatic heterocycles. The summed E-state index contributed by atoms with van der Waals surface area (Å²) in [7, 11) is -2.52. The van der Waals surface area contributed by atoms with E-state index in [4.69, 9.17) is 9.84 Å². The molecule has 1 saturated heterocycles. The van der Waals surface area contributed by atoms with Crippen LogP contribution in [-0.2, 0) is 10.0 Å². The number of methoxy groups -OCH3 is 1. The van der Waals surface area contributed by atoms with Crippen LogP contribution in [0.2, 0.25) is 0 Å². The minimum absolute atomic E-state index is 0.0220. The van der Waals surface area contributed by atoms with E-state index in [2.05, 4.69) is 0 Å². The molecule has 1 aliphatic heterocycles. The number of aromatic carboxylic acids is 1. The summed E-state index contributed by atoms with van der Waals surface area (Å²) in [6.07, 6.45) is -0.288. The van der Waals surface area contributed by atoms with Crippen LogP contribution in [0.5, 0.6) is 5.75 Å². The molecule has 7 nitrogen and oxygen atoms in total. The fourth-order valence-electron chi connectivity index (χ4n) is 2.08. The summed E-state index contributed by atoms with van der Waals surface area (Å²) in [4.78, 5) is 10.8. The number of aliphatic hydroxyl groups excluding tert-OH is 1. The smallest absolute Gasteiger partial charge is 0.335 e. The number of sulfonamides is 1. The molecule has 2 N–H and O–H groups in total. The number of aliphatic hydroxyl groups is 1. The Kier molecular flexibility index (Phi) is 3.98. The van der Waals surface area contributed by atoms with Gasteiger partial charge in [0.25, 0.3) is 0 Å². The van der Waals surface area contributed by atoms with Gasteiger partial charge >= 0.3 is 5.97 Å². The Morgan fingerprint density at radius 1 is 1.45 bits per heavy atom. The first kappa shape index (κ1) is 14.8. The summed E-state index contributed by atoms with van der Waals surface area (Å²) in [5, 5.41) is 18.3. The van der Waals surface area contributed by atoms with Gasteiger partial charge in [-0.15, -0.1) is 0 Å². The molecule has 0 saturated carbocycles. The lowest BCUT2D eigenvalue weighted by Crippen LogP contribution is -2.30. The molecule has 1 aliphatic rings. The number of hydrogen-bond donors (Lipinski definition) is 2. The van der Waals surface area contributed by atoms with E-state index in [1.54, 1.807) is 0 Å². The number of nitrogens with zero attached hydrogens (tertiary/aromatic N) is 1. The van der Waals surface area contributed by atoms with E-state index in [0.29, 0.717) is 6.42 Å². The van der Waals surface area contributed by atoms with Crippen LogP contribution in [0.25, 0.3) is 0 Å². The molecular weight excluding hydrogens is 286 g/mol. The van der Waals surface area contributed by atoms with Gasteiger partial charge in [0.05, 0.1) is 18.8 Å². The van der Waals surface area contributed by atoms with E-state index in [1.807, 2.05) is 0 Å². The molecule has 8 heteroatoms. The Morgan fingerprint density at radius 2 is 2.15 bits per heavy atom. The van der Waals surface area contributed by atoms with Crippen molar-refractivity contribution in [3.63, 3.8) is 0 Å². The zero-order valence-electron chi connectivity index (χ0n) is 10.8. The molecule has 0 radical (unpaired) electrons. The summed E-state index contributed by atoms with van der Waals surface area (Å²) in [5.74, 6) is -1.19. The molecule has 0 amide bonds. The largest absolute Gasteiger partial charge is 0.495 e. The van der Waals surface area contributed by atoms with Crippen molar-refractivity contribution in [2.75, 3.05) is 20.2 Å². The quantitative estimate of drug-likeness (QED) is 0.820. The maximum absolute atomic E-state index is 12.4. The van der Waals surface area contributed by atoms with Crippen LogP contribution in [0.3, 0.4) is 0 Å². The van der Waals surface area contributed by atoms with E-state index >= 15 is 0 Å². The van der Waals surface area contributed by atoms with E-state index in [9.17, 15) is 18.3 Å². The van der Waals surface area contributed by atoms with Gasteiger partial charge < -0.3 is 14.9 Å². The second-order valence-corrected chi connectivity index (χ2v) is 6.38.